The van der Waals surface area contributed by atoms with Crippen molar-refractivity contribution in [3.63, 3.8) is 0 Å². The largest absolute Gasteiger partial charge is 0.503 e. The van der Waals surface area contributed by atoms with Crippen molar-refractivity contribution in [1.82, 2.24) is 5.16 Å². The van der Waals surface area contributed by atoms with Crippen molar-refractivity contribution in [1.29, 1.82) is 0 Å². The summed E-state index contributed by atoms with van der Waals surface area (Å²) in [5, 5.41) is 24.6. The van der Waals surface area contributed by atoms with E-state index in [9.17, 15) is 19.8 Å². The molecule has 0 bridgehead atoms. The molecular weight excluding hydrogens is 408 g/mol. The van der Waals surface area contributed by atoms with E-state index < -0.39 is 23.1 Å². The van der Waals surface area contributed by atoms with Gasteiger partial charge in [0, 0.05) is 22.7 Å². The van der Waals surface area contributed by atoms with Gasteiger partial charge < -0.3 is 14.7 Å². The lowest BCUT2D eigenvalue weighted by Crippen LogP contribution is -2.33. The minimum absolute atomic E-state index is 0.0315. The van der Waals surface area contributed by atoms with Crippen LogP contribution in [0.15, 0.2) is 76.7 Å². The van der Waals surface area contributed by atoms with Crippen LogP contribution in [0, 0.1) is 5.41 Å². The number of hydrogen-bond donors (Lipinski definition) is 2. The van der Waals surface area contributed by atoms with Crippen LogP contribution in [0.5, 0.6) is 0 Å². The van der Waals surface area contributed by atoms with Gasteiger partial charge in [-0.25, -0.2) is 0 Å². The summed E-state index contributed by atoms with van der Waals surface area (Å²) in [6, 6.07) is 14.9. The molecule has 2 aromatic carbocycles. The van der Waals surface area contributed by atoms with Gasteiger partial charge in [-0.1, -0.05) is 62.3 Å². The maximum absolute atomic E-state index is 13.3. The number of Topliss-reactive ketones (excluding diaryl/α,β-unsaturated/α-hetero) is 1. The standard InChI is InChI=1S/C25H24N2O5/c1-25(2,3)23(30)20-21(18-7-5-4-6-16(18)14-28)27(24(31)22(20)29)17-10-8-15(9-11-17)19-12-13-32-26-19/h4-13,21,28-29H,14H2,1-3H3. The lowest BCUT2D eigenvalue weighted by atomic mass is 9.81. The minimum atomic E-state index is -0.865. The lowest BCUT2D eigenvalue weighted by Gasteiger charge is -2.30. The van der Waals surface area contributed by atoms with Crippen molar-refractivity contribution in [2.75, 3.05) is 4.90 Å². The number of hydrogen-bond acceptors (Lipinski definition) is 6. The molecular formula is C25H24N2O5. The molecule has 3 aromatic rings. The van der Waals surface area contributed by atoms with Gasteiger partial charge in [-0.2, -0.15) is 0 Å². The third-order valence-corrected chi connectivity index (χ3v) is 5.53. The molecule has 0 saturated carbocycles. The Balaban J connectivity index is 1.86. The van der Waals surface area contributed by atoms with E-state index in [-0.39, 0.29) is 18.0 Å². The zero-order valence-electron chi connectivity index (χ0n) is 18.1. The molecule has 0 aliphatic carbocycles. The molecule has 0 saturated heterocycles. The Hall–Kier alpha value is -3.71. The van der Waals surface area contributed by atoms with Gasteiger partial charge in [0.25, 0.3) is 5.91 Å². The first-order valence-electron chi connectivity index (χ1n) is 10.2. The van der Waals surface area contributed by atoms with Gasteiger partial charge in [0.15, 0.2) is 11.5 Å². The molecule has 2 heterocycles. The molecule has 1 aromatic heterocycles. The Morgan fingerprint density at radius 2 is 1.78 bits per heavy atom. The number of benzene rings is 2. The first-order chi connectivity index (χ1) is 15.2. The Morgan fingerprint density at radius 1 is 1.09 bits per heavy atom. The topological polar surface area (TPSA) is 104 Å². The number of rotatable bonds is 5. The van der Waals surface area contributed by atoms with E-state index in [2.05, 4.69) is 5.16 Å². The Bertz CT molecular complexity index is 1190. The average Bonchev–Trinajstić information content (AvgIpc) is 3.40. The number of aliphatic hydroxyl groups excluding tert-OH is 2. The van der Waals surface area contributed by atoms with Crippen LogP contribution in [-0.4, -0.2) is 27.1 Å². The van der Waals surface area contributed by atoms with Crippen LogP contribution < -0.4 is 4.90 Å². The molecule has 1 atom stereocenters. The first kappa shape index (κ1) is 21.5. The molecule has 1 aliphatic rings. The van der Waals surface area contributed by atoms with Crippen LogP contribution in [-0.2, 0) is 16.2 Å². The van der Waals surface area contributed by atoms with Crippen molar-refractivity contribution < 1.29 is 24.3 Å². The molecule has 0 spiro atoms. The predicted octanol–water partition coefficient (Wildman–Crippen LogP) is 4.35. The van der Waals surface area contributed by atoms with E-state index in [1.54, 1.807) is 75.4 Å². The van der Waals surface area contributed by atoms with Crippen LogP contribution in [0.3, 0.4) is 0 Å². The fourth-order valence-corrected chi connectivity index (χ4v) is 3.90. The smallest absolute Gasteiger partial charge is 0.294 e. The summed E-state index contributed by atoms with van der Waals surface area (Å²) in [6.07, 6.45) is 1.47. The summed E-state index contributed by atoms with van der Waals surface area (Å²) >= 11 is 0. The van der Waals surface area contributed by atoms with E-state index in [0.29, 0.717) is 22.5 Å². The summed E-state index contributed by atoms with van der Waals surface area (Å²) < 4.78 is 4.89. The van der Waals surface area contributed by atoms with Crippen LogP contribution >= 0.6 is 0 Å². The molecule has 1 aliphatic heterocycles. The third-order valence-electron chi connectivity index (χ3n) is 5.53. The molecule has 164 valence electrons. The number of aliphatic hydroxyl groups is 2. The van der Waals surface area contributed by atoms with Crippen LogP contribution in [0.4, 0.5) is 5.69 Å². The minimum Gasteiger partial charge on any atom is -0.503 e. The summed E-state index contributed by atoms with van der Waals surface area (Å²) in [6.45, 7) is 4.96. The normalized spacial score (nSPS) is 16.7. The molecule has 32 heavy (non-hydrogen) atoms. The highest BCUT2D eigenvalue weighted by Crippen LogP contribution is 2.44. The summed E-state index contributed by atoms with van der Waals surface area (Å²) in [5.41, 5.74) is 2.32. The quantitative estimate of drug-likeness (QED) is 0.621. The number of carbonyl (C=O) groups excluding carboxylic acids is 2. The Kier molecular flexibility index (Phi) is 5.44. The van der Waals surface area contributed by atoms with E-state index in [1.165, 1.54) is 11.2 Å². The van der Waals surface area contributed by atoms with Gasteiger partial charge in [0.1, 0.15) is 12.0 Å². The van der Waals surface area contributed by atoms with Crippen LogP contribution in [0.2, 0.25) is 0 Å². The Morgan fingerprint density at radius 3 is 2.38 bits per heavy atom. The number of nitrogens with zero attached hydrogens (tertiary/aromatic N) is 2. The summed E-state index contributed by atoms with van der Waals surface area (Å²) in [7, 11) is 0. The monoisotopic (exact) mass is 432 g/mol. The second-order valence-electron chi connectivity index (χ2n) is 8.71. The highest BCUT2D eigenvalue weighted by Gasteiger charge is 2.47. The van der Waals surface area contributed by atoms with E-state index in [0.717, 1.165) is 5.56 Å². The SMILES string of the molecule is CC(C)(C)C(=O)C1=C(O)C(=O)N(c2ccc(-c3ccon3)cc2)C1c1ccccc1CO. The fraction of sp³-hybridized carbons (Fsp3) is 0.240. The molecule has 0 radical (unpaired) electrons. The average molecular weight is 432 g/mol. The highest BCUT2D eigenvalue weighted by molar-refractivity contribution is 6.17. The Labute approximate surface area is 185 Å². The number of aromatic nitrogens is 1. The number of amides is 1. The van der Waals surface area contributed by atoms with Gasteiger partial charge in [-0.3, -0.25) is 14.5 Å². The third kappa shape index (κ3) is 3.61. The molecule has 7 heteroatoms. The van der Waals surface area contributed by atoms with Gasteiger partial charge in [-0.05, 0) is 23.3 Å². The fourth-order valence-electron chi connectivity index (χ4n) is 3.90. The highest BCUT2D eigenvalue weighted by atomic mass is 16.5. The summed E-state index contributed by atoms with van der Waals surface area (Å²) in [5.74, 6) is -1.56. The molecule has 7 nitrogen and oxygen atoms in total. The number of ketones is 1. The first-order valence-corrected chi connectivity index (χ1v) is 10.2. The predicted molar refractivity (Wildman–Crippen MR) is 119 cm³/mol. The van der Waals surface area contributed by atoms with E-state index in [4.69, 9.17) is 4.52 Å². The van der Waals surface area contributed by atoms with Crippen molar-refractivity contribution in [2.24, 2.45) is 5.41 Å². The molecule has 1 amide bonds. The van der Waals surface area contributed by atoms with E-state index >= 15 is 0 Å². The van der Waals surface area contributed by atoms with Crippen molar-refractivity contribution in [3.05, 3.63) is 83.3 Å². The van der Waals surface area contributed by atoms with Crippen LogP contribution in [0.1, 0.15) is 37.9 Å². The molecule has 4 rings (SSSR count). The lowest BCUT2D eigenvalue weighted by molar-refractivity contribution is -0.123. The van der Waals surface area contributed by atoms with Crippen LogP contribution in [0.25, 0.3) is 11.3 Å². The number of carbonyl (C=O) groups is 2. The van der Waals surface area contributed by atoms with E-state index in [1.807, 2.05) is 0 Å². The zero-order chi connectivity index (χ0) is 23.0. The van der Waals surface area contributed by atoms with Crippen molar-refractivity contribution in [2.45, 2.75) is 33.4 Å². The van der Waals surface area contributed by atoms with Crippen molar-refractivity contribution in [3.8, 4) is 11.3 Å². The molecule has 0 fully saturated rings. The van der Waals surface area contributed by atoms with Gasteiger partial charge >= 0.3 is 0 Å². The zero-order valence-corrected chi connectivity index (χ0v) is 18.1. The maximum Gasteiger partial charge on any atom is 0.294 e. The van der Waals surface area contributed by atoms with Gasteiger partial charge in [0.2, 0.25) is 0 Å². The molecule has 2 N–H and O–H groups in total. The second-order valence-corrected chi connectivity index (χ2v) is 8.71. The second kappa shape index (κ2) is 8.09. The maximum atomic E-state index is 13.3. The summed E-state index contributed by atoms with van der Waals surface area (Å²) in [4.78, 5) is 27.9. The molecule has 1 unspecified atom stereocenters. The van der Waals surface area contributed by atoms with Gasteiger partial charge in [0.05, 0.1) is 18.2 Å². The number of anilines is 1. The van der Waals surface area contributed by atoms with Crippen molar-refractivity contribution >= 4 is 17.4 Å². The van der Waals surface area contributed by atoms with Gasteiger partial charge in [-0.15, -0.1) is 0 Å².